The predicted octanol–water partition coefficient (Wildman–Crippen LogP) is 4.08. The summed E-state index contributed by atoms with van der Waals surface area (Å²) < 4.78 is 16.5. The molecule has 1 aliphatic rings. The molecule has 168 valence electrons. The van der Waals surface area contributed by atoms with Gasteiger partial charge in [-0.15, -0.1) is 0 Å². The number of para-hydroxylation sites is 2. The number of aryl methyl sites for hydroxylation is 1. The van der Waals surface area contributed by atoms with Gasteiger partial charge < -0.3 is 24.1 Å². The van der Waals surface area contributed by atoms with E-state index in [1.807, 2.05) is 42.5 Å². The van der Waals surface area contributed by atoms with E-state index in [0.29, 0.717) is 24.5 Å². The molecule has 1 aromatic heterocycles. The summed E-state index contributed by atoms with van der Waals surface area (Å²) in [6.45, 7) is 1.73. The van der Waals surface area contributed by atoms with Gasteiger partial charge in [0.1, 0.15) is 11.5 Å². The second kappa shape index (κ2) is 10.2. The Hall–Kier alpha value is -3.48. The van der Waals surface area contributed by atoms with Crippen molar-refractivity contribution < 1.29 is 18.7 Å². The van der Waals surface area contributed by atoms with Crippen molar-refractivity contribution in [1.82, 2.24) is 10.3 Å². The molecule has 0 saturated carbocycles. The Morgan fingerprint density at radius 1 is 1.16 bits per heavy atom. The number of oxazole rings is 1. The number of methoxy groups -OCH3 is 2. The maximum Gasteiger partial charge on any atom is 0.220 e. The van der Waals surface area contributed by atoms with Gasteiger partial charge in [0, 0.05) is 37.5 Å². The Kier molecular flexibility index (Phi) is 6.94. The van der Waals surface area contributed by atoms with E-state index >= 15 is 0 Å². The van der Waals surface area contributed by atoms with E-state index in [9.17, 15) is 4.79 Å². The minimum Gasteiger partial charge on any atom is -0.497 e. The topological polar surface area (TPSA) is 76.8 Å². The van der Waals surface area contributed by atoms with Gasteiger partial charge >= 0.3 is 0 Å². The van der Waals surface area contributed by atoms with Crippen LogP contribution in [0.4, 0.5) is 5.69 Å². The van der Waals surface area contributed by atoms with Crippen molar-refractivity contribution in [3.8, 4) is 22.8 Å². The second-order valence-corrected chi connectivity index (χ2v) is 7.87. The van der Waals surface area contributed by atoms with Crippen molar-refractivity contribution in [2.24, 2.45) is 0 Å². The van der Waals surface area contributed by atoms with Gasteiger partial charge in [-0.2, -0.15) is 0 Å². The Labute approximate surface area is 188 Å². The summed E-state index contributed by atoms with van der Waals surface area (Å²) in [5, 5.41) is 3.17. The Morgan fingerprint density at radius 2 is 1.97 bits per heavy atom. The zero-order valence-electron chi connectivity index (χ0n) is 18.5. The van der Waals surface area contributed by atoms with E-state index in [1.165, 1.54) is 0 Å². The van der Waals surface area contributed by atoms with Crippen LogP contribution in [0.1, 0.15) is 25.2 Å². The highest BCUT2D eigenvalue weighted by atomic mass is 16.5. The highest BCUT2D eigenvalue weighted by Gasteiger charge is 2.23. The molecule has 0 aliphatic carbocycles. The number of anilines is 1. The molecular formula is C25H29N3O4. The lowest BCUT2D eigenvalue weighted by molar-refractivity contribution is -0.121. The van der Waals surface area contributed by atoms with Crippen molar-refractivity contribution >= 4 is 11.6 Å². The standard InChI is InChI=1S/C25H29N3O4/c1-30-20-11-9-18(10-12-20)23-16-26-25(32-23)14-13-24(29)27-19-6-5-15-28(17-19)21-7-3-4-8-22(21)31-2/h3-4,7-12,16,19H,5-6,13-15,17H2,1-2H3,(H,27,29). The Bertz CT molecular complexity index is 1030. The lowest BCUT2D eigenvalue weighted by atomic mass is 10.0. The van der Waals surface area contributed by atoms with Gasteiger partial charge in [-0.3, -0.25) is 4.79 Å². The lowest BCUT2D eigenvalue weighted by Crippen LogP contribution is -2.48. The largest absolute Gasteiger partial charge is 0.497 e. The van der Waals surface area contributed by atoms with Gasteiger partial charge in [-0.1, -0.05) is 12.1 Å². The van der Waals surface area contributed by atoms with Gasteiger partial charge in [0.05, 0.1) is 26.1 Å². The maximum absolute atomic E-state index is 12.6. The third kappa shape index (κ3) is 5.22. The van der Waals surface area contributed by atoms with Crippen molar-refractivity contribution in [3.63, 3.8) is 0 Å². The summed E-state index contributed by atoms with van der Waals surface area (Å²) in [4.78, 5) is 19.2. The Morgan fingerprint density at radius 3 is 2.75 bits per heavy atom. The first-order valence-electron chi connectivity index (χ1n) is 10.9. The minimum atomic E-state index is 0.0149. The number of aromatic nitrogens is 1. The quantitative estimate of drug-likeness (QED) is 0.575. The third-order valence-electron chi connectivity index (χ3n) is 5.71. The summed E-state index contributed by atoms with van der Waals surface area (Å²) in [6, 6.07) is 15.7. The number of nitrogens with one attached hydrogen (secondary N) is 1. The molecule has 0 bridgehead atoms. The summed E-state index contributed by atoms with van der Waals surface area (Å²) in [7, 11) is 3.32. The van der Waals surface area contributed by atoms with Crippen molar-refractivity contribution in [2.45, 2.75) is 31.7 Å². The molecule has 1 N–H and O–H groups in total. The number of carbonyl (C=O) groups excluding carboxylic acids is 1. The van der Waals surface area contributed by atoms with E-state index in [-0.39, 0.29) is 11.9 Å². The van der Waals surface area contributed by atoms with Crippen LogP contribution >= 0.6 is 0 Å². The molecule has 1 atom stereocenters. The van der Waals surface area contributed by atoms with E-state index < -0.39 is 0 Å². The second-order valence-electron chi connectivity index (χ2n) is 7.87. The molecule has 7 heteroatoms. The number of hydrogen-bond acceptors (Lipinski definition) is 6. The van der Waals surface area contributed by atoms with Crippen LogP contribution in [-0.4, -0.2) is 44.2 Å². The minimum absolute atomic E-state index is 0.0149. The molecule has 2 aromatic carbocycles. The van der Waals surface area contributed by atoms with Crippen molar-refractivity contribution in [2.75, 3.05) is 32.2 Å². The first-order valence-corrected chi connectivity index (χ1v) is 10.9. The molecular weight excluding hydrogens is 406 g/mol. The van der Waals surface area contributed by atoms with Crippen LogP contribution in [0.15, 0.2) is 59.1 Å². The summed E-state index contributed by atoms with van der Waals surface area (Å²) >= 11 is 0. The first-order chi connectivity index (χ1) is 15.7. The van der Waals surface area contributed by atoms with E-state index in [1.54, 1.807) is 20.4 Å². The number of rotatable bonds is 8. The number of hydrogen-bond donors (Lipinski definition) is 1. The fraction of sp³-hybridized carbons (Fsp3) is 0.360. The SMILES string of the molecule is COc1ccc(-c2cnc(CCC(=O)NC3CCCN(c4ccccc4OC)C3)o2)cc1. The first kappa shape index (κ1) is 21.7. The van der Waals surface area contributed by atoms with Crippen molar-refractivity contribution in [1.29, 1.82) is 0 Å². The van der Waals surface area contributed by atoms with Gasteiger partial charge in [-0.25, -0.2) is 4.98 Å². The molecule has 1 aliphatic heterocycles. The number of ether oxygens (including phenoxy) is 2. The maximum atomic E-state index is 12.6. The van der Waals surface area contributed by atoms with Gasteiger partial charge in [0.2, 0.25) is 5.91 Å². The molecule has 1 fully saturated rings. The smallest absolute Gasteiger partial charge is 0.220 e. The monoisotopic (exact) mass is 435 g/mol. The average molecular weight is 436 g/mol. The number of nitrogens with zero attached hydrogens (tertiary/aromatic N) is 2. The lowest BCUT2D eigenvalue weighted by Gasteiger charge is -2.35. The van der Waals surface area contributed by atoms with Crippen molar-refractivity contribution in [3.05, 3.63) is 60.6 Å². The van der Waals surface area contributed by atoms with E-state index in [2.05, 4.69) is 21.3 Å². The molecule has 1 unspecified atom stereocenters. The van der Waals surface area contributed by atoms with Gasteiger partial charge in [-0.05, 0) is 49.2 Å². The molecule has 0 spiro atoms. The van der Waals surface area contributed by atoms with E-state index in [4.69, 9.17) is 13.9 Å². The highest BCUT2D eigenvalue weighted by molar-refractivity contribution is 5.76. The van der Waals surface area contributed by atoms with Crippen LogP contribution in [0, 0.1) is 0 Å². The average Bonchev–Trinajstić information content (AvgIpc) is 3.32. The number of carbonyl (C=O) groups is 1. The molecule has 3 aromatic rings. The highest BCUT2D eigenvalue weighted by Crippen LogP contribution is 2.30. The van der Waals surface area contributed by atoms with E-state index in [0.717, 1.165) is 48.7 Å². The summed E-state index contributed by atoms with van der Waals surface area (Å²) in [5.41, 5.74) is 1.99. The van der Waals surface area contributed by atoms with Crippen LogP contribution in [0.2, 0.25) is 0 Å². The zero-order valence-corrected chi connectivity index (χ0v) is 18.5. The summed E-state index contributed by atoms with van der Waals surface area (Å²) in [5.74, 6) is 2.90. The fourth-order valence-corrected chi connectivity index (χ4v) is 4.04. The predicted molar refractivity (Wildman–Crippen MR) is 123 cm³/mol. The van der Waals surface area contributed by atoms with Gasteiger partial charge in [0.15, 0.2) is 11.7 Å². The molecule has 0 radical (unpaired) electrons. The zero-order chi connectivity index (χ0) is 22.3. The molecule has 4 rings (SSSR count). The Balaban J connectivity index is 1.29. The number of amides is 1. The normalized spacial score (nSPS) is 15.9. The van der Waals surface area contributed by atoms with Crippen LogP contribution in [0.3, 0.4) is 0 Å². The third-order valence-corrected chi connectivity index (χ3v) is 5.71. The fourth-order valence-electron chi connectivity index (χ4n) is 4.04. The van der Waals surface area contributed by atoms with Crippen LogP contribution in [-0.2, 0) is 11.2 Å². The van der Waals surface area contributed by atoms with Crippen LogP contribution in [0.25, 0.3) is 11.3 Å². The van der Waals surface area contributed by atoms with Crippen LogP contribution < -0.4 is 19.7 Å². The number of benzene rings is 2. The van der Waals surface area contributed by atoms with Crippen LogP contribution in [0.5, 0.6) is 11.5 Å². The molecule has 1 saturated heterocycles. The summed E-state index contributed by atoms with van der Waals surface area (Å²) in [6.07, 6.45) is 4.49. The van der Waals surface area contributed by atoms with Gasteiger partial charge in [0.25, 0.3) is 0 Å². The molecule has 7 nitrogen and oxygen atoms in total. The molecule has 32 heavy (non-hydrogen) atoms. The number of piperidine rings is 1. The molecule has 1 amide bonds. The molecule has 2 heterocycles.